The van der Waals surface area contributed by atoms with Gasteiger partial charge in [0.15, 0.2) is 0 Å². The highest BCUT2D eigenvalue weighted by molar-refractivity contribution is 5.72. The summed E-state index contributed by atoms with van der Waals surface area (Å²) in [6.45, 7) is 0. The maximum atomic E-state index is 10.6. The standard InChI is InChI=1S/C11H18O/c12-10-11-8-6-4-2-1-3-5-7-9-11/h8,10H,1-7,9H2. The van der Waals surface area contributed by atoms with Gasteiger partial charge in [-0.3, -0.25) is 4.79 Å². The Morgan fingerprint density at radius 1 is 1.00 bits per heavy atom. The van der Waals surface area contributed by atoms with Crippen LogP contribution in [0.2, 0.25) is 0 Å². The van der Waals surface area contributed by atoms with E-state index in [0.717, 1.165) is 24.7 Å². The normalized spacial score (nSPS) is 21.2. The Hall–Kier alpha value is -0.590. The fraction of sp³-hybridized carbons (Fsp3) is 0.727. The molecule has 1 rings (SSSR count). The number of carbonyl (C=O) groups is 1. The third kappa shape index (κ3) is 3.70. The van der Waals surface area contributed by atoms with Gasteiger partial charge in [0.25, 0.3) is 0 Å². The van der Waals surface area contributed by atoms with Crippen molar-refractivity contribution in [3.8, 4) is 0 Å². The van der Waals surface area contributed by atoms with Gasteiger partial charge >= 0.3 is 0 Å². The Morgan fingerprint density at radius 2 is 1.67 bits per heavy atom. The van der Waals surface area contributed by atoms with Crippen molar-refractivity contribution in [1.82, 2.24) is 0 Å². The Labute approximate surface area is 74.9 Å². The first kappa shape index (κ1) is 9.50. The minimum Gasteiger partial charge on any atom is -0.298 e. The van der Waals surface area contributed by atoms with E-state index in [1.54, 1.807) is 0 Å². The second kappa shape index (κ2) is 5.99. The molecule has 0 fully saturated rings. The van der Waals surface area contributed by atoms with E-state index in [9.17, 15) is 4.79 Å². The molecular formula is C11H18O. The van der Waals surface area contributed by atoms with Gasteiger partial charge in [-0.15, -0.1) is 0 Å². The van der Waals surface area contributed by atoms with Crippen LogP contribution in [0, 0.1) is 0 Å². The third-order valence-corrected chi connectivity index (χ3v) is 2.48. The molecule has 0 bridgehead atoms. The SMILES string of the molecule is O=CC1=CCCCCCCCC1. The minimum absolute atomic E-state index is 1.00. The van der Waals surface area contributed by atoms with Gasteiger partial charge in [0.2, 0.25) is 0 Å². The first-order chi connectivity index (χ1) is 5.93. The molecule has 0 aromatic carbocycles. The molecule has 0 aliphatic heterocycles. The summed E-state index contributed by atoms with van der Waals surface area (Å²) in [7, 11) is 0. The molecule has 1 aliphatic rings. The van der Waals surface area contributed by atoms with Gasteiger partial charge in [0.05, 0.1) is 0 Å². The fourth-order valence-electron chi connectivity index (χ4n) is 1.68. The molecule has 0 N–H and O–H groups in total. The van der Waals surface area contributed by atoms with Gasteiger partial charge in [0.1, 0.15) is 6.29 Å². The van der Waals surface area contributed by atoms with E-state index in [-0.39, 0.29) is 0 Å². The van der Waals surface area contributed by atoms with E-state index in [0.29, 0.717) is 0 Å². The van der Waals surface area contributed by atoms with Crippen molar-refractivity contribution in [3.63, 3.8) is 0 Å². The van der Waals surface area contributed by atoms with Gasteiger partial charge in [-0.1, -0.05) is 31.8 Å². The molecular weight excluding hydrogens is 148 g/mol. The van der Waals surface area contributed by atoms with Crippen molar-refractivity contribution in [3.05, 3.63) is 11.6 Å². The molecule has 0 spiro atoms. The lowest BCUT2D eigenvalue weighted by Crippen LogP contribution is -1.89. The predicted octanol–water partition coefficient (Wildman–Crippen LogP) is 3.25. The molecule has 1 aliphatic carbocycles. The van der Waals surface area contributed by atoms with Crippen LogP contribution in [0.4, 0.5) is 0 Å². The maximum absolute atomic E-state index is 10.6. The third-order valence-electron chi connectivity index (χ3n) is 2.48. The quantitative estimate of drug-likeness (QED) is 0.546. The smallest absolute Gasteiger partial charge is 0.145 e. The van der Waals surface area contributed by atoms with Crippen LogP contribution in [0.15, 0.2) is 11.6 Å². The van der Waals surface area contributed by atoms with Crippen LogP contribution in [0.5, 0.6) is 0 Å². The molecule has 1 heteroatoms. The fourth-order valence-corrected chi connectivity index (χ4v) is 1.68. The second-order valence-electron chi connectivity index (χ2n) is 3.56. The first-order valence-corrected chi connectivity index (χ1v) is 5.07. The number of rotatable bonds is 1. The zero-order chi connectivity index (χ0) is 8.65. The highest BCUT2D eigenvalue weighted by Crippen LogP contribution is 2.15. The molecule has 12 heavy (non-hydrogen) atoms. The van der Waals surface area contributed by atoms with Crippen molar-refractivity contribution in [2.75, 3.05) is 0 Å². The average Bonchev–Trinajstić information content (AvgIpc) is 2.14. The summed E-state index contributed by atoms with van der Waals surface area (Å²) in [5, 5.41) is 0. The van der Waals surface area contributed by atoms with Gasteiger partial charge < -0.3 is 0 Å². The Balaban J connectivity index is 2.37. The van der Waals surface area contributed by atoms with Gasteiger partial charge in [-0.25, -0.2) is 0 Å². The molecule has 68 valence electrons. The lowest BCUT2D eigenvalue weighted by Gasteiger charge is -2.05. The molecule has 0 aromatic heterocycles. The van der Waals surface area contributed by atoms with E-state index in [1.807, 2.05) is 0 Å². The van der Waals surface area contributed by atoms with E-state index in [1.165, 1.54) is 38.5 Å². The highest BCUT2D eigenvalue weighted by atomic mass is 16.1. The predicted molar refractivity (Wildman–Crippen MR) is 51.1 cm³/mol. The van der Waals surface area contributed by atoms with Crippen molar-refractivity contribution in [2.24, 2.45) is 0 Å². The Bertz CT molecular complexity index is 158. The van der Waals surface area contributed by atoms with Crippen LogP contribution in [-0.2, 0) is 4.79 Å². The van der Waals surface area contributed by atoms with Crippen molar-refractivity contribution < 1.29 is 4.79 Å². The number of hydrogen-bond acceptors (Lipinski definition) is 1. The largest absolute Gasteiger partial charge is 0.298 e. The van der Waals surface area contributed by atoms with E-state index < -0.39 is 0 Å². The summed E-state index contributed by atoms with van der Waals surface area (Å²) in [5.41, 5.74) is 1.02. The summed E-state index contributed by atoms with van der Waals surface area (Å²) in [6.07, 6.45) is 13.1. The lowest BCUT2D eigenvalue weighted by molar-refractivity contribution is -0.105. The van der Waals surface area contributed by atoms with Crippen LogP contribution in [0.25, 0.3) is 0 Å². The minimum atomic E-state index is 1.00. The molecule has 0 radical (unpaired) electrons. The highest BCUT2D eigenvalue weighted by Gasteiger charge is 1.98. The molecule has 0 amide bonds. The zero-order valence-corrected chi connectivity index (χ0v) is 7.72. The average molecular weight is 166 g/mol. The summed E-state index contributed by atoms with van der Waals surface area (Å²) in [5.74, 6) is 0. The molecule has 0 atom stereocenters. The van der Waals surface area contributed by atoms with E-state index in [4.69, 9.17) is 0 Å². The topological polar surface area (TPSA) is 17.1 Å². The van der Waals surface area contributed by atoms with Crippen LogP contribution < -0.4 is 0 Å². The number of allylic oxidation sites excluding steroid dienone is 2. The summed E-state index contributed by atoms with van der Waals surface area (Å²) < 4.78 is 0. The molecule has 0 saturated heterocycles. The van der Waals surface area contributed by atoms with Gasteiger partial charge in [-0.2, -0.15) is 0 Å². The van der Waals surface area contributed by atoms with Gasteiger partial charge in [-0.05, 0) is 31.3 Å². The van der Waals surface area contributed by atoms with Crippen molar-refractivity contribution in [2.45, 2.75) is 51.4 Å². The Kier molecular flexibility index (Phi) is 4.74. The first-order valence-electron chi connectivity index (χ1n) is 5.07. The van der Waals surface area contributed by atoms with Crippen molar-refractivity contribution in [1.29, 1.82) is 0 Å². The van der Waals surface area contributed by atoms with Crippen LogP contribution in [0.1, 0.15) is 51.4 Å². The number of carbonyl (C=O) groups excluding carboxylic acids is 1. The number of hydrogen-bond donors (Lipinski definition) is 0. The Morgan fingerprint density at radius 3 is 2.42 bits per heavy atom. The summed E-state index contributed by atoms with van der Waals surface area (Å²) >= 11 is 0. The molecule has 1 nitrogen and oxygen atoms in total. The van der Waals surface area contributed by atoms with Crippen molar-refractivity contribution >= 4 is 6.29 Å². The lowest BCUT2D eigenvalue weighted by atomic mass is 10.0. The molecule has 0 saturated carbocycles. The van der Waals surface area contributed by atoms with E-state index >= 15 is 0 Å². The summed E-state index contributed by atoms with van der Waals surface area (Å²) in [4.78, 5) is 10.6. The second-order valence-corrected chi connectivity index (χ2v) is 3.56. The van der Waals surface area contributed by atoms with Crippen LogP contribution in [-0.4, -0.2) is 6.29 Å². The van der Waals surface area contributed by atoms with E-state index in [2.05, 4.69) is 6.08 Å². The number of aldehydes is 1. The molecule has 0 unspecified atom stereocenters. The van der Waals surface area contributed by atoms with Crippen LogP contribution >= 0.6 is 0 Å². The maximum Gasteiger partial charge on any atom is 0.145 e. The zero-order valence-electron chi connectivity index (χ0n) is 7.72. The van der Waals surface area contributed by atoms with Gasteiger partial charge in [0, 0.05) is 0 Å². The molecule has 0 heterocycles. The van der Waals surface area contributed by atoms with Crippen LogP contribution in [0.3, 0.4) is 0 Å². The summed E-state index contributed by atoms with van der Waals surface area (Å²) in [6, 6.07) is 0. The monoisotopic (exact) mass is 166 g/mol. The molecule has 0 aromatic rings.